The molecule has 0 saturated carbocycles. The van der Waals surface area contributed by atoms with Crippen molar-refractivity contribution < 1.29 is 9.53 Å². The van der Waals surface area contributed by atoms with Crippen LogP contribution in [0.1, 0.15) is 27.0 Å². The van der Waals surface area contributed by atoms with E-state index < -0.39 is 0 Å². The first kappa shape index (κ1) is 12.4. The van der Waals surface area contributed by atoms with Crippen LogP contribution in [0.3, 0.4) is 0 Å². The van der Waals surface area contributed by atoms with Gasteiger partial charge in [0.25, 0.3) is 0 Å². The number of hydrogen-bond acceptors (Lipinski definition) is 2. The van der Waals surface area contributed by atoms with Crippen molar-refractivity contribution in [3.8, 4) is 5.75 Å². The van der Waals surface area contributed by atoms with Gasteiger partial charge in [-0.1, -0.05) is 35.9 Å². The number of carbonyl (C=O) groups is 1. The number of rotatable bonds is 3. The summed E-state index contributed by atoms with van der Waals surface area (Å²) in [7, 11) is 1.60. The molecular weight excluding hydrogens is 224 g/mol. The number of methoxy groups -OCH3 is 1. The van der Waals surface area contributed by atoms with Crippen LogP contribution < -0.4 is 4.74 Å². The number of carbonyl (C=O) groups excluding carboxylic acids is 1. The van der Waals surface area contributed by atoms with Crippen molar-refractivity contribution >= 4 is 5.78 Å². The summed E-state index contributed by atoms with van der Waals surface area (Å²) in [5.41, 5.74) is 3.56. The molecule has 0 heterocycles. The number of ketones is 1. The van der Waals surface area contributed by atoms with Gasteiger partial charge in [-0.15, -0.1) is 0 Å². The molecule has 0 aliphatic heterocycles. The number of hydrogen-bond donors (Lipinski definition) is 0. The first-order valence-electron chi connectivity index (χ1n) is 5.88. The summed E-state index contributed by atoms with van der Waals surface area (Å²) in [5.74, 6) is 0.733. The van der Waals surface area contributed by atoms with E-state index in [1.807, 2.05) is 50.2 Å². The summed E-state index contributed by atoms with van der Waals surface area (Å²) < 4.78 is 5.14. The fourth-order valence-corrected chi connectivity index (χ4v) is 1.99. The van der Waals surface area contributed by atoms with E-state index in [2.05, 4.69) is 0 Å². The highest BCUT2D eigenvalue weighted by Gasteiger charge is 2.12. The molecule has 0 fully saturated rings. The predicted octanol–water partition coefficient (Wildman–Crippen LogP) is 3.54. The molecule has 0 atom stereocenters. The van der Waals surface area contributed by atoms with E-state index in [-0.39, 0.29) is 5.78 Å². The van der Waals surface area contributed by atoms with Gasteiger partial charge in [-0.3, -0.25) is 4.79 Å². The molecule has 2 nitrogen and oxygen atoms in total. The van der Waals surface area contributed by atoms with Gasteiger partial charge in [0.2, 0.25) is 0 Å². The van der Waals surface area contributed by atoms with Gasteiger partial charge in [0.1, 0.15) is 5.75 Å². The quantitative estimate of drug-likeness (QED) is 0.767. The lowest BCUT2D eigenvalue weighted by atomic mass is 9.97. The van der Waals surface area contributed by atoms with E-state index in [0.29, 0.717) is 11.3 Å². The molecule has 0 aromatic heterocycles. The van der Waals surface area contributed by atoms with E-state index in [0.717, 1.165) is 16.7 Å². The first-order chi connectivity index (χ1) is 8.61. The van der Waals surface area contributed by atoms with Gasteiger partial charge in [-0.05, 0) is 31.5 Å². The topological polar surface area (TPSA) is 26.3 Å². The van der Waals surface area contributed by atoms with Crippen LogP contribution in [-0.4, -0.2) is 12.9 Å². The van der Waals surface area contributed by atoms with E-state index >= 15 is 0 Å². The molecule has 2 aromatic rings. The van der Waals surface area contributed by atoms with Gasteiger partial charge < -0.3 is 4.74 Å². The zero-order chi connectivity index (χ0) is 13.1. The highest BCUT2D eigenvalue weighted by Crippen LogP contribution is 2.19. The lowest BCUT2D eigenvalue weighted by Crippen LogP contribution is -2.04. The van der Waals surface area contributed by atoms with Crippen LogP contribution >= 0.6 is 0 Å². The Morgan fingerprint density at radius 1 is 1.06 bits per heavy atom. The van der Waals surface area contributed by atoms with Crippen molar-refractivity contribution in [1.82, 2.24) is 0 Å². The maximum atomic E-state index is 12.4. The van der Waals surface area contributed by atoms with Gasteiger partial charge in [0.15, 0.2) is 5.78 Å². The number of benzene rings is 2. The van der Waals surface area contributed by atoms with Crippen LogP contribution in [0.15, 0.2) is 42.5 Å². The van der Waals surface area contributed by atoms with E-state index in [1.165, 1.54) is 0 Å². The molecule has 0 spiro atoms. The Labute approximate surface area is 107 Å². The molecule has 0 unspecified atom stereocenters. The molecule has 92 valence electrons. The molecule has 2 heteroatoms. The molecule has 0 aliphatic rings. The molecular formula is C16H16O2. The normalized spacial score (nSPS) is 10.2. The maximum absolute atomic E-state index is 12.4. The van der Waals surface area contributed by atoms with Crippen LogP contribution in [0, 0.1) is 13.8 Å². The highest BCUT2D eigenvalue weighted by atomic mass is 16.5. The fourth-order valence-electron chi connectivity index (χ4n) is 1.99. The van der Waals surface area contributed by atoms with E-state index in [4.69, 9.17) is 4.74 Å². The van der Waals surface area contributed by atoms with E-state index in [1.54, 1.807) is 13.2 Å². The van der Waals surface area contributed by atoms with Crippen molar-refractivity contribution in [3.05, 3.63) is 64.7 Å². The summed E-state index contributed by atoms with van der Waals surface area (Å²) >= 11 is 0. The molecule has 0 amide bonds. The third-order valence-corrected chi connectivity index (χ3v) is 2.96. The molecule has 0 bridgehead atoms. The van der Waals surface area contributed by atoms with Gasteiger partial charge in [-0.25, -0.2) is 0 Å². The SMILES string of the molecule is COc1cccc(C(=O)c2ccc(C)cc2C)c1. The van der Waals surface area contributed by atoms with Crippen LogP contribution in [0.25, 0.3) is 0 Å². The Morgan fingerprint density at radius 2 is 1.83 bits per heavy atom. The average molecular weight is 240 g/mol. The average Bonchev–Trinajstić information content (AvgIpc) is 2.38. The van der Waals surface area contributed by atoms with Crippen LogP contribution in [0.4, 0.5) is 0 Å². The van der Waals surface area contributed by atoms with Gasteiger partial charge >= 0.3 is 0 Å². The Bertz CT molecular complexity index is 585. The Morgan fingerprint density at radius 3 is 2.50 bits per heavy atom. The maximum Gasteiger partial charge on any atom is 0.193 e. The smallest absolute Gasteiger partial charge is 0.193 e. The first-order valence-corrected chi connectivity index (χ1v) is 5.88. The molecule has 0 radical (unpaired) electrons. The number of aryl methyl sites for hydroxylation is 2. The zero-order valence-corrected chi connectivity index (χ0v) is 10.9. The lowest BCUT2D eigenvalue weighted by Gasteiger charge is -2.07. The summed E-state index contributed by atoms with van der Waals surface area (Å²) in [4.78, 5) is 12.4. The van der Waals surface area contributed by atoms with Crippen molar-refractivity contribution in [2.24, 2.45) is 0 Å². The van der Waals surface area contributed by atoms with Crippen LogP contribution in [0.5, 0.6) is 5.75 Å². The van der Waals surface area contributed by atoms with Gasteiger partial charge in [-0.2, -0.15) is 0 Å². The minimum absolute atomic E-state index is 0.0337. The lowest BCUT2D eigenvalue weighted by molar-refractivity contribution is 0.103. The Hall–Kier alpha value is -2.09. The highest BCUT2D eigenvalue weighted by molar-refractivity contribution is 6.10. The second kappa shape index (κ2) is 5.05. The van der Waals surface area contributed by atoms with Gasteiger partial charge in [0.05, 0.1) is 7.11 Å². The minimum atomic E-state index is 0.0337. The van der Waals surface area contributed by atoms with Crippen molar-refractivity contribution in [2.75, 3.05) is 7.11 Å². The number of ether oxygens (including phenoxy) is 1. The Balaban J connectivity index is 2.41. The summed E-state index contributed by atoms with van der Waals surface area (Å²) in [6, 6.07) is 13.1. The fraction of sp³-hybridized carbons (Fsp3) is 0.188. The third-order valence-electron chi connectivity index (χ3n) is 2.96. The summed E-state index contributed by atoms with van der Waals surface area (Å²) in [6.45, 7) is 3.98. The van der Waals surface area contributed by atoms with Crippen LogP contribution in [-0.2, 0) is 0 Å². The van der Waals surface area contributed by atoms with E-state index in [9.17, 15) is 4.79 Å². The van der Waals surface area contributed by atoms with Crippen molar-refractivity contribution in [2.45, 2.75) is 13.8 Å². The summed E-state index contributed by atoms with van der Waals surface area (Å²) in [6.07, 6.45) is 0. The third kappa shape index (κ3) is 2.43. The largest absolute Gasteiger partial charge is 0.497 e. The van der Waals surface area contributed by atoms with Gasteiger partial charge in [0, 0.05) is 11.1 Å². The second-order valence-electron chi connectivity index (χ2n) is 4.38. The van der Waals surface area contributed by atoms with Crippen molar-refractivity contribution in [1.29, 1.82) is 0 Å². The minimum Gasteiger partial charge on any atom is -0.497 e. The zero-order valence-electron chi connectivity index (χ0n) is 10.9. The standard InChI is InChI=1S/C16H16O2/c1-11-7-8-15(12(2)9-11)16(17)13-5-4-6-14(10-13)18-3/h4-10H,1-3H3. The molecule has 18 heavy (non-hydrogen) atoms. The molecule has 2 rings (SSSR count). The Kier molecular flexibility index (Phi) is 3.47. The van der Waals surface area contributed by atoms with Crippen LogP contribution in [0.2, 0.25) is 0 Å². The monoisotopic (exact) mass is 240 g/mol. The molecule has 0 aliphatic carbocycles. The molecule has 0 saturated heterocycles. The molecule has 2 aromatic carbocycles. The van der Waals surface area contributed by atoms with Crippen molar-refractivity contribution in [3.63, 3.8) is 0 Å². The summed E-state index contributed by atoms with van der Waals surface area (Å²) in [5, 5.41) is 0. The predicted molar refractivity (Wildman–Crippen MR) is 72.3 cm³/mol. The molecule has 0 N–H and O–H groups in total. The second-order valence-corrected chi connectivity index (χ2v) is 4.38.